The van der Waals surface area contributed by atoms with E-state index in [4.69, 9.17) is 9.47 Å². The van der Waals surface area contributed by atoms with E-state index in [1.165, 1.54) is 0 Å². The number of allylic oxidation sites excluding steroid dienone is 1. The summed E-state index contributed by atoms with van der Waals surface area (Å²) in [5.74, 6) is 0.420. The predicted molar refractivity (Wildman–Crippen MR) is 104 cm³/mol. The first-order chi connectivity index (χ1) is 13.2. The molecule has 0 amide bonds. The molecule has 3 rings (SSSR count). The van der Waals surface area contributed by atoms with Gasteiger partial charge in [-0.1, -0.05) is 44.5 Å². The van der Waals surface area contributed by atoms with E-state index < -0.39 is 0 Å². The molecule has 0 radical (unpaired) electrons. The second-order valence-corrected chi connectivity index (χ2v) is 6.51. The molecule has 0 fully saturated rings. The highest BCUT2D eigenvalue weighted by Gasteiger charge is 2.23. The molecule has 0 bridgehead atoms. The molecule has 0 atom stereocenters. The third-order valence-electron chi connectivity index (χ3n) is 4.52. The first-order valence-electron chi connectivity index (χ1n) is 9.35. The average Bonchev–Trinajstić information content (AvgIpc) is 2.86. The molecule has 138 valence electrons. The van der Waals surface area contributed by atoms with E-state index in [2.05, 4.69) is 13.0 Å². The quantitative estimate of drug-likeness (QED) is 0.537. The number of benzene rings is 2. The number of fused-ring (bicyclic) bond motifs is 2. The van der Waals surface area contributed by atoms with Crippen molar-refractivity contribution < 1.29 is 14.3 Å². The first kappa shape index (κ1) is 18.7. The maximum atomic E-state index is 12.2. The lowest BCUT2D eigenvalue weighted by Gasteiger charge is -2.13. The highest BCUT2D eigenvalue weighted by molar-refractivity contribution is 5.93. The van der Waals surface area contributed by atoms with E-state index in [0.717, 1.165) is 46.4 Å². The number of hydrogen-bond donors (Lipinski definition) is 0. The Morgan fingerprint density at radius 2 is 1.96 bits per heavy atom. The molecule has 2 aromatic carbocycles. The molecule has 1 heterocycles. The number of ether oxygens (including phenoxy) is 2. The average molecular weight is 361 g/mol. The Morgan fingerprint density at radius 3 is 2.70 bits per heavy atom. The van der Waals surface area contributed by atoms with E-state index >= 15 is 0 Å². The van der Waals surface area contributed by atoms with Gasteiger partial charge >= 0.3 is 5.97 Å². The maximum Gasteiger partial charge on any atom is 0.338 e. The van der Waals surface area contributed by atoms with Crippen molar-refractivity contribution >= 4 is 11.5 Å². The van der Waals surface area contributed by atoms with Crippen LogP contribution in [0.4, 0.5) is 0 Å². The Balaban J connectivity index is 2.15. The van der Waals surface area contributed by atoms with Crippen LogP contribution in [0.3, 0.4) is 0 Å². The van der Waals surface area contributed by atoms with Crippen LogP contribution in [0, 0.1) is 11.3 Å². The molecule has 27 heavy (non-hydrogen) atoms. The van der Waals surface area contributed by atoms with Crippen LogP contribution in [0.25, 0.3) is 5.57 Å². The van der Waals surface area contributed by atoms with Crippen LogP contribution in [0.15, 0.2) is 48.0 Å². The van der Waals surface area contributed by atoms with E-state index in [0.29, 0.717) is 25.2 Å². The summed E-state index contributed by atoms with van der Waals surface area (Å²) in [6.45, 7) is 4.77. The second kappa shape index (κ2) is 8.55. The molecular weight excluding hydrogens is 338 g/mol. The molecule has 4 heteroatoms. The van der Waals surface area contributed by atoms with Crippen molar-refractivity contribution in [2.75, 3.05) is 6.61 Å². The van der Waals surface area contributed by atoms with Gasteiger partial charge in [-0.2, -0.15) is 5.26 Å². The van der Waals surface area contributed by atoms with Crippen LogP contribution < -0.4 is 4.74 Å². The highest BCUT2D eigenvalue weighted by Crippen LogP contribution is 2.39. The lowest BCUT2D eigenvalue weighted by atomic mass is 9.88. The Morgan fingerprint density at radius 1 is 1.15 bits per heavy atom. The minimum Gasteiger partial charge on any atom is -0.488 e. The van der Waals surface area contributed by atoms with Gasteiger partial charge in [-0.3, -0.25) is 0 Å². The van der Waals surface area contributed by atoms with Crippen LogP contribution in [-0.4, -0.2) is 12.6 Å². The number of para-hydroxylation sites is 1. The fraction of sp³-hybridized carbons (Fsp3) is 0.304. The summed E-state index contributed by atoms with van der Waals surface area (Å²) in [4.78, 5) is 12.2. The fourth-order valence-corrected chi connectivity index (χ4v) is 3.27. The van der Waals surface area contributed by atoms with Crippen molar-refractivity contribution in [3.63, 3.8) is 0 Å². The molecule has 0 saturated heterocycles. The van der Waals surface area contributed by atoms with Gasteiger partial charge < -0.3 is 9.47 Å². The molecule has 0 saturated carbocycles. The van der Waals surface area contributed by atoms with Crippen molar-refractivity contribution in [2.24, 2.45) is 0 Å². The minimum atomic E-state index is -0.332. The van der Waals surface area contributed by atoms with Crippen molar-refractivity contribution in [2.45, 2.75) is 39.7 Å². The van der Waals surface area contributed by atoms with Crippen LogP contribution >= 0.6 is 0 Å². The second-order valence-electron chi connectivity index (χ2n) is 6.51. The fourth-order valence-electron chi connectivity index (χ4n) is 3.27. The molecule has 0 unspecified atom stereocenters. The molecule has 0 aliphatic carbocycles. The molecule has 4 nitrogen and oxygen atoms in total. The van der Waals surface area contributed by atoms with Gasteiger partial charge in [0.2, 0.25) is 0 Å². The summed E-state index contributed by atoms with van der Waals surface area (Å²) in [7, 11) is 0. The Hall–Kier alpha value is -3.06. The largest absolute Gasteiger partial charge is 0.488 e. The third-order valence-corrected chi connectivity index (χ3v) is 4.52. The monoisotopic (exact) mass is 361 g/mol. The van der Waals surface area contributed by atoms with Gasteiger partial charge in [-0.05, 0) is 42.2 Å². The van der Waals surface area contributed by atoms with Crippen LogP contribution in [0.5, 0.6) is 5.75 Å². The predicted octanol–water partition coefficient (Wildman–Crippen LogP) is 5.27. The number of carbonyl (C=O) groups is 1. The summed E-state index contributed by atoms with van der Waals surface area (Å²) in [5, 5.41) is 9.77. The van der Waals surface area contributed by atoms with Crippen LogP contribution in [0.2, 0.25) is 0 Å². The summed E-state index contributed by atoms with van der Waals surface area (Å²) >= 11 is 0. The number of nitriles is 1. The molecule has 2 aromatic rings. The SMILES string of the molecule is CCCOC(=O)c1ccc2c(c1)COc1ccccc1/C2=C(/C#N)CCC. The number of hydrogen-bond acceptors (Lipinski definition) is 4. The zero-order valence-corrected chi connectivity index (χ0v) is 15.7. The van der Waals surface area contributed by atoms with E-state index in [-0.39, 0.29) is 5.97 Å². The Bertz CT molecular complexity index is 921. The van der Waals surface area contributed by atoms with Gasteiger partial charge in [-0.15, -0.1) is 0 Å². The number of nitrogens with zero attached hydrogens (tertiary/aromatic N) is 1. The molecule has 1 aliphatic heterocycles. The topological polar surface area (TPSA) is 59.3 Å². The van der Waals surface area contributed by atoms with Gasteiger partial charge in [-0.25, -0.2) is 4.79 Å². The normalized spacial score (nSPS) is 14.1. The van der Waals surface area contributed by atoms with Gasteiger partial charge in [0.25, 0.3) is 0 Å². The Labute approximate surface area is 160 Å². The zero-order chi connectivity index (χ0) is 19.2. The van der Waals surface area contributed by atoms with Crippen molar-refractivity contribution in [3.05, 3.63) is 70.3 Å². The minimum absolute atomic E-state index is 0.332. The van der Waals surface area contributed by atoms with E-state index in [1.807, 2.05) is 43.3 Å². The van der Waals surface area contributed by atoms with Crippen LogP contribution in [-0.2, 0) is 11.3 Å². The summed E-state index contributed by atoms with van der Waals surface area (Å²) in [6, 6.07) is 15.6. The van der Waals surface area contributed by atoms with E-state index in [9.17, 15) is 10.1 Å². The molecule has 0 spiro atoms. The molecule has 1 aliphatic rings. The standard InChI is InChI=1S/C23H23NO3/c1-3-7-17(14-24)22-19-11-10-16(23(25)26-12-4-2)13-18(19)15-27-21-9-6-5-8-20(21)22/h5-6,8-11,13H,3-4,7,12,15H2,1-2H3/b22-17+. The zero-order valence-electron chi connectivity index (χ0n) is 15.7. The van der Waals surface area contributed by atoms with Crippen molar-refractivity contribution in [1.82, 2.24) is 0 Å². The molecule has 0 aromatic heterocycles. The van der Waals surface area contributed by atoms with E-state index in [1.54, 1.807) is 6.07 Å². The number of carbonyl (C=O) groups excluding carboxylic acids is 1. The summed E-state index contributed by atoms with van der Waals surface area (Å²) < 4.78 is 11.2. The van der Waals surface area contributed by atoms with Gasteiger partial charge in [0.05, 0.1) is 18.2 Å². The smallest absolute Gasteiger partial charge is 0.338 e. The number of esters is 1. The molecular formula is C23H23NO3. The number of rotatable bonds is 5. The van der Waals surface area contributed by atoms with Gasteiger partial charge in [0.15, 0.2) is 0 Å². The summed E-state index contributed by atoms with van der Waals surface area (Å²) in [5.41, 5.74) is 4.88. The van der Waals surface area contributed by atoms with Crippen LogP contribution in [0.1, 0.15) is 60.2 Å². The van der Waals surface area contributed by atoms with Gasteiger partial charge in [0, 0.05) is 16.7 Å². The lowest BCUT2D eigenvalue weighted by Crippen LogP contribution is -2.08. The van der Waals surface area contributed by atoms with Crippen molar-refractivity contribution in [3.8, 4) is 11.8 Å². The highest BCUT2D eigenvalue weighted by atomic mass is 16.5. The Kier molecular flexibility index (Phi) is 5.93. The van der Waals surface area contributed by atoms with Gasteiger partial charge in [0.1, 0.15) is 12.4 Å². The lowest BCUT2D eigenvalue weighted by molar-refractivity contribution is 0.0505. The first-order valence-corrected chi connectivity index (χ1v) is 9.35. The van der Waals surface area contributed by atoms with Crippen molar-refractivity contribution in [1.29, 1.82) is 5.26 Å². The molecule has 0 N–H and O–H groups in total. The maximum absolute atomic E-state index is 12.2. The summed E-state index contributed by atoms with van der Waals surface area (Å²) in [6.07, 6.45) is 2.36. The third kappa shape index (κ3) is 3.88.